The Hall–Kier alpha value is -2.68. The predicted octanol–water partition coefficient (Wildman–Crippen LogP) is 2.37. The maximum Gasteiger partial charge on any atom is 0.423 e. The zero-order chi connectivity index (χ0) is 19.9. The van der Waals surface area contributed by atoms with Crippen molar-refractivity contribution in [1.29, 1.82) is 0 Å². The van der Waals surface area contributed by atoms with Gasteiger partial charge in [-0.25, -0.2) is 18.6 Å². The largest absolute Gasteiger partial charge is 0.444 e. The molecule has 1 unspecified atom stereocenters. The molecule has 8 heteroatoms. The molecule has 0 heterocycles. The highest BCUT2D eigenvalue weighted by molar-refractivity contribution is 7.89. The summed E-state index contributed by atoms with van der Waals surface area (Å²) in [4.78, 5) is 12.1. The zero-order valence-electron chi connectivity index (χ0n) is 14.9. The third kappa shape index (κ3) is 5.40. The number of benzene rings is 2. The number of sulfonamides is 1. The van der Waals surface area contributed by atoms with Gasteiger partial charge in [-0.3, -0.25) is 0 Å². The van der Waals surface area contributed by atoms with E-state index >= 15 is 0 Å². The lowest BCUT2D eigenvalue weighted by Gasteiger charge is -2.27. The van der Waals surface area contributed by atoms with Gasteiger partial charge in [0.15, 0.2) is 0 Å². The number of nitrogens with zero attached hydrogens (tertiary/aromatic N) is 1. The second kappa shape index (κ2) is 9.31. The van der Waals surface area contributed by atoms with E-state index in [1.54, 1.807) is 36.4 Å². The van der Waals surface area contributed by atoms with E-state index < -0.39 is 28.8 Å². The first-order chi connectivity index (χ1) is 12.9. The lowest BCUT2D eigenvalue weighted by Crippen LogP contribution is -2.52. The van der Waals surface area contributed by atoms with Crippen LogP contribution in [0.1, 0.15) is 11.1 Å². The molecule has 0 radical (unpaired) electrons. The number of hydrogen-bond acceptors (Lipinski definition) is 5. The molecule has 0 aromatic heterocycles. The number of rotatable bonds is 8. The number of carbonyl (C=O) groups is 1. The Morgan fingerprint density at radius 3 is 2.41 bits per heavy atom. The van der Waals surface area contributed by atoms with Crippen molar-refractivity contribution in [2.45, 2.75) is 24.5 Å². The molecule has 7 nitrogen and oxygen atoms in total. The molecule has 1 atom stereocenters. The Bertz CT molecular complexity index is 867. The van der Waals surface area contributed by atoms with Gasteiger partial charge in [-0.1, -0.05) is 58.5 Å². The number of nitrogens with one attached hydrogen (secondary N) is 1. The number of aryl methyl sites for hydroxylation is 1. The number of aliphatic hydroxyl groups is 1. The molecular formula is C19H22N2O5S. The lowest BCUT2D eigenvalue weighted by molar-refractivity contribution is 0.109. The highest BCUT2D eigenvalue weighted by Gasteiger charge is 2.32. The van der Waals surface area contributed by atoms with Gasteiger partial charge < -0.3 is 9.84 Å². The van der Waals surface area contributed by atoms with Crippen LogP contribution in [0.5, 0.6) is 0 Å². The van der Waals surface area contributed by atoms with Crippen molar-refractivity contribution >= 4 is 16.1 Å². The Balaban J connectivity index is 2.19. The van der Waals surface area contributed by atoms with Crippen molar-refractivity contribution in [3.05, 3.63) is 78.4 Å². The molecule has 2 rings (SSSR count). The van der Waals surface area contributed by atoms with Gasteiger partial charge in [-0.2, -0.15) is 0 Å². The van der Waals surface area contributed by atoms with Crippen LogP contribution in [0.25, 0.3) is 0 Å². The second-order valence-electron chi connectivity index (χ2n) is 5.77. The van der Waals surface area contributed by atoms with Gasteiger partial charge >= 0.3 is 6.09 Å². The Labute approximate surface area is 158 Å². The summed E-state index contributed by atoms with van der Waals surface area (Å²) < 4.78 is 31.5. The molecule has 144 valence electrons. The maximum absolute atomic E-state index is 12.9. The van der Waals surface area contributed by atoms with Crippen LogP contribution in [0.4, 0.5) is 4.79 Å². The fourth-order valence-corrected chi connectivity index (χ4v) is 3.65. The monoisotopic (exact) mass is 390 g/mol. The van der Waals surface area contributed by atoms with E-state index in [2.05, 4.69) is 12.0 Å². The van der Waals surface area contributed by atoms with Gasteiger partial charge in [0.2, 0.25) is 0 Å². The Morgan fingerprint density at radius 2 is 1.85 bits per heavy atom. The first kappa shape index (κ1) is 20.6. The zero-order valence-corrected chi connectivity index (χ0v) is 15.7. The standard InChI is InChI=1S/C19H22N2O5S/c1-3-17(13-22)21(27(24,25)18-11-9-15(2)10-12-18)20-19(23)26-14-16-7-5-4-6-8-16/h3-12,17,22H,1,13-14H2,2H3,(H,20,23). The van der Waals surface area contributed by atoms with Crippen molar-refractivity contribution in [2.75, 3.05) is 6.61 Å². The number of amides is 1. The van der Waals surface area contributed by atoms with Crippen molar-refractivity contribution in [1.82, 2.24) is 9.84 Å². The second-order valence-corrected chi connectivity index (χ2v) is 7.59. The molecule has 0 aliphatic heterocycles. The summed E-state index contributed by atoms with van der Waals surface area (Å²) in [6, 6.07) is 14.0. The van der Waals surface area contributed by atoms with Crippen molar-refractivity contribution in [2.24, 2.45) is 0 Å². The van der Waals surface area contributed by atoms with Crippen LogP contribution < -0.4 is 5.43 Å². The van der Waals surface area contributed by atoms with E-state index in [-0.39, 0.29) is 11.5 Å². The molecule has 0 aliphatic carbocycles. The summed E-state index contributed by atoms with van der Waals surface area (Å²) in [5.74, 6) is 0. The van der Waals surface area contributed by atoms with Crippen LogP contribution in [-0.2, 0) is 21.4 Å². The van der Waals surface area contributed by atoms with E-state index in [0.29, 0.717) is 4.41 Å². The molecule has 0 saturated carbocycles. The van der Waals surface area contributed by atoms with E-state index in [1.807, 2.05) is 13.0 Å². The molecule has 0 spiro atoms. The molecular weight excluding hydrogens is 368 g/mol. The molecule has 2 N–H and O–H groups in total. The number of aliphatic hydroxyl groups excluding tert-OH is 1. The van der Waals surface area contributed by atoms with Gasteiger partial charge in [0.05, 0.1) is 17.5 Å². The van der Waals surface area contributed by atoms with E-state index in [0.717, 1.165) is 11.1 Å². The van der Waals surface area contributed by atoms with Crippen LogP contribution in [0.3, 0.4) is 0 Å². The van der Waals surface area contributed by atoms with Gasteiger partial charge in [-0.05, 0) is 24.6 Å². The van der Waals surface area contributed by atoms with Gasteiger partial charge in [-0.15, -0.1) is 6.58 Å². The van der Waals surface area contributed by atoms with Gasteiger partial charge in [0.1, 0.15) is 6.61 Å². The summed E-state index contributed by atoms with van der Waals surface area (Å²) in [6.07, 6.45) is 0.262. The van der Waals surface area contributed by atoms with Crippen LogP contribution in [0.15, 0.2) is 72.1 Å². The average molecular weight is 390 g/mol. The minimum atomic E-state index is -4.13. The SMILES string of the molecule is C=CC(CO)N(NC(=O)OCc1ccccc1)S(=O)(=O)c1ccc(C)cc1. The number of hydrogen-bond donors (Lipinski definition) is 2. The van der Waals surface area contributed by atoms with Crippen molar-refractivity contribution < 1.29 is 23.1 Å². The van der Waals surface area contributed by atoms with Crippen LogP contribution in [0, 0.1) is 6.92 Å². The topological polar surface area (TPSA) is 95.9 Å². The average Bonchev–Trinajstić information content (AvgIpc) is 2.67. The van der Waals surface area contributed by atoms with E-state index in [1.165, 1.54) is 18.2 Å². The summed E-state index contributed by atoms with van der Waals surface area (Å²) in [5, 5.41) is 9.50. The highest BCUT2D eigenvalue weighted by atomic mass is 32.2. The molecule has 27 heavy (non-hydrogen) atoms. The summed E-state index contributed by atoms with van der Waals surface area (Å²) >= 11 is 0. The first-order valence-corrected chi connectivity index (χ1v) is 9.64. The summed E-state index contributed by atoms with van der Waals surface area (Å²) in [5.41, 5.74) is 3.84. The van der Waals surface area contributed by atoms with Crippen molar-refractivity contribution in [3.8, 4) is 0 Å². The molecule has 2 aromatic rings. The third-order valence-electron chi connectivity index (χ3n) is 3.75. The van der Waals surface area contributed by atoms with E-state index in [9.17, 15) is 18.3 Å². The quantitative estimate of drug-likeness (QED) is 0.533. The first-order valence-electron chi connectivity index (χ1n) is 8.20. The lowest BCUT2D eigenvalue weighted by atomic mass is 10.2. The molecule has 1 amide bonds. The minimum Gasteiger partial charge on any atom is -0.444 e. The molecule has 0 aliphatic rings. The van der Waals surface area contributed by atoms with Crippen LogP contribution >= 0.6 is 0 Å². The van der Waals surface area contributed by atoms with Gasteiger partial charge in [0, 0.05) is 0 Å². The normalized spacial score (nSPS) is 12.4. The smallest absolute Gasteiger partial charge is 0.423 e. The Kier molecular flexibility index (Phi) is 7.12. The summed E-state index contributed by atoms with van der Waals surface area (Å²) in [6.45, 7) is 4.76. The fraction of sp³-hybridized carbons (Fsp3) is 0.211. The number of ether oxygens (including phenoxy) is 1. The van der Waals surface area contributed by atoms with Crippen LogP contribution in [0.2, 0.25) is 0 Å². The molecule has 0 saturated heterocycles. The third-order valence-corrected chi connectivity index (χ3v) is 5.50. The summed E-state index contributed by atoms with van der Waals surface area (Å²) in [7, 11) is -4.13. The number of carbonyl (C=O) groups excluding carboxylic acids is 1. The molecule has 0 bridgehead atoms. The molecule has 2 aromatic carbocycles. The Morgan fingerprint density at radius 1 is 1.22 bits per heavy atom. The highest BCUT2D eigenvalue weighted by Crippen LogP contribution is 2.18. The predicted molar refractivity (Wildman–Crippen MR) is 101 cm³/mol. The van der Waals surface area contributed by atoms with Gasteiger partial charge in [0.25, 0.3) is 10.0 Å². The number of hydrazine groups is 1. The van der Waals surface area contributed by atoms with Crippen LogP contribution in [-0.4, -0.2) is 36.7 Å². The maximum atomic E-state index is 12.9. The van der Waals surface area contributed by atoms with E-state index in [4.69, 9.17) is 4.74 Å². The minimum absolute atomic E-state index is 0.0248. The van der Waals surface area contributed by atoms with Crippen molar-refractivity contribution in [3.63, 3.8) is 0 Å². The molecule has 0 fully saturated rings. The fourth-order valence-electron chi connectivity index (χ4n) is 2.23.